The molecule has 0 saturated carbocycles. The van der Waals surface area contributed by atoms with Gasteiger partial charge in [-0.15, -0.1) is 11.3 Å². The van der Waals surface area contributed by atoms with Crippen LogP contribution in [-0.4, -0.2) is 83.3 Å². The van der Waals surface area contributed by atoms with E-state index in [9.17, 15) is 9.90 Å². The van der Waals surface area contributed by atoms with Crippen molar-refractivity contribution in [2.75, 3.05) is 46.9 Å². The maximum absolute atomic E-state index is 12.8. The molecule has 8 heteroatoms. The van der Waals surface area contributed by atoms with Crippen LogP contribution in [0.3, 0.4) is 0 Å². The Morgan fingerprint density at radius 3 is 2.85 bits per heavy atom. The molecule has 2 aliphatic heterocycles. The van der Waals surface area contributed by atoms with E-state index < -0.39 is 5.60 Å². The zero-order valence-corrected chi connectivity index (χ0v) is 16.7. The minimum Gasteiger partial charge on any atom is -0.388 e. The molecule has 1 amide bonds. The highest BCUT2D eigenvalue weighted by atomic mass is 32.1. The molecule has 0 spiro atoms. The normalized spacial score (nSPS) is 23.0. The van der Waals surface area contributed by atoms with Crippen LogP contribution >= 0.6 is 11.3 Å². The number of amides is 1. The van der Waals surface area contributed by atoms with Crippen molar-refractivity contribution in [1.29, 1.82) is 0 Å². The average Bonchev–Trinajstić information content (AvgIpc) is 3.25. The molecule has 2 aromatic heterocycles. The standard InChI is InChI=1S/C19H26N4O3S/c1-22(2)18(24)16-14(15-17(27-16)21-7-6-20-15)13-3-8-23(11-13)12-19(25)4-9-26-10-5-19/h6-7,13,25H,3-5,8-12H2,1-2H3. The Morgan fingerprint density at radius 2 is 2.11 bits per heavy atom. The number of nitrogens with zero attached hydrogens (tertiary/aromatic N) is 4. The Bertz CT molecular complexity index is 831. The monoisotopic (exact) mass is 390 g/mol. The fourth-order valence-electron chi connectivity index (χ4n) is 4.12. The first kappa shape index (κ1) is 18.7. The second-order valence-corrected chi connectivity index (χ2v) is 8.81. The molecule has 4 heterocycles. The summed E-state index contributed by atoms with van der Waals surface area (Å²) in [5, 5.41) is 10.8. The van der Waals surface area contributed by atoms with Crippen LogP contribution in [0.1, 0.15) is 40.4 Å². The molecule has 0 bridgehead atoms. The van der Waals surface area contributed by atoms with E-state index in [2.05, 4.69) is 14.9 Å². The fraction of sp³-hybridized carbons (Fsp3) is 0.632. The lowest BCUT2D eigenvalue weighted by Crippen LogP contribution is -2.46. The number of carbonyl (C=O) groups is 1. The van der Waals surface area contributed by atoms with Crippen molar-refractivity contribution >= 4 is 27.6 Å². The predicted molar refractivity (Wildman–Crippen MR) is 104 cm³/mol. The zero-order chi connectivity index (χ0) is 19.0. The molecular formula is C19H26N4O3S. The van der Waals surface area contributed by atoms with Crippen LogP contribution in [0.2, 0.25) is 0 Å². The highest BCUT2D eigenvalue weighted by Crippen LogP contribution is 2.39. The summed E-state index contributed by atoms with van der Waals surface area (Å²) in [5.74, 6) is 0.245. The summed E-state index contributed by atoms with van der Waals surface area (Å²) >= 11 is 1.43. The molecule has 7 nitrogen and oxygen atoms in total. The van der Waals surface area contributed by atoms with Crippen LogP contribution in [0.5, 0.6) is 0 Å². The number of β-amino-alcohol motifs (C(OH)–C–C–N with tert-alkyl or cyclic N) is 1. The molecule has 2 saturated heterocycles. The second kappa shape index (κ2) is 7.43. The summed E-state index contributed by atoms with van der Waals surface area (Å²) < 4.78 is 5.39. The lowest BCUT2D eigenvalue weighted by molar-refractivity contribution is -0.0773. The van der Waals surface area contributed by atoms with E-state index >= 15 is 0 Å². The summed E-state index contributed by atoms with van der Waals surface area (Å²) in [6.45, 7) is 3.66. The Kier molecular flexibility index (Phi) is 5.15. The number of rotatable bonds is 4. The number of aliphatic hydroxyl groups is 1. The molecule has 1 N–H and O–H groups in total. The number of carbonyl (C=O) groups excluding carboxylic acids is 1. The van der Waals surface area contributed by atoms with Gasteiger partial charge >= 0.3 is 0 Å². The van der Waals surface area contributed by atoms with E-state index in [-0.39, 0.29) is 11.8 Å². The minimum absolute atomic E-state index is 0.0105. The van der Waals surface area contributed by atoms with E-state index in [0.29, 0.717) is 32.6 Å². The number of thiophene rings is 1. The first-order valence-corrected chi connectivity index (χ1v) is 10.3. The first-order chi connectivity index (χ1) is 13.0. The lowest BCUT2D eigenvalue weighted by Gasteiger charge is -2.35. The minimum atomic E-state index is -0.661. The summed E-state index contributed by atoms with van der Waals surface area (Å²) in [5.41, 5.74) is 1.22. The van der Waals surface area contributed by atoms with Gasteiger partial charge in [0.05, 0.1) is 10.5 Å². The highest BCUT2D eigenvalue weighted by molar-refractivity contribution is 7.20. The quantitative estimate of drug-likeness (QED) is 0.857. The summed E-state index contributed by atoms with van der Waals surface area (Å²) in [7, 11) is 3.55. The lowest BCUT2D eigenvalue weighted by atomic mass is 9.93. The van der Waals surface area contributed by atoms with Crippen LogP contribution in [0, 0.1) is 0 Å². The third-order valence-electron chi connectivity index (χ3n) is 5.59. The topological polar surface area (TPSA) is 78.8 Å². The van der Waals surface area contributed by atoms with Crippen molar-refractivity contribution in [1.82, 2.24) is 19.8 Å². The molecule has 1 atom stereocenters. The van der Waals surface area contributed by atoms with Crippen LogP contribution in [-0.2, 0) is 4.74 Å². The molecule has 27 heavy (non-hydrogen) atoms. The van der Waals surface area contributed by atoms with E-state index in [1.165, 1.54) is 11.3 Å². The van der Waals surface area contributed by atoms with Gasteiger partial charge in [-0.1, -0.05) is 0 Å². The molecule has 4 rings (SSSR count). The van der Waals surface area contributed by atoms with Crippen LogP contribution in [0.4, 0.5) is 0 Å². The van der Waals surface area contributed by atoms with E-state index in [0.717, 1.165) is 40.3 Å². The zero-order valence-electron chi connectivity index (χ0n) is 15.8. The number of likely N-dealkylation sites (tertiary alicyclic amines) is 1. The summed E-state index contributed by atoms with van der Waals surface area (Å²) in [6.07, 6.45) is 5.70. The Labute approximate surface area is 163 Å². The molecule has 0 radical (unpaired) electrons. The van der Waals surface area contributed by atoms with Crippen molar-refractivity contribution in [2.24, 2.45) is 0 Å². The van der Waals surface area contributed by atoms with Gasteiger partial charge in [-0.3, -0.25) is 14.7 Å². The van der Waals surface area contributed by atoms with Gasteiger partial charge in [-0.25, -0.2) is 4.98 Å². The second-order valence-electron chi connectivity index (χ2n) is 7.81. The third-order valence-corrected chi connectivity index (χ3v) is 6.68. The number of ether oxygens (including phenoxy) is 1. The number of hydrogen-bond donors (Lipinski definition) is 1. The molecule has 2 aromatic rings. The average molecular weight is 391 g/mol. The van der Waals surface area contributed by atoms with Gasteiger partial charge in [0.15, 0.2) is 0 Å². The molecule has 0 aromatic carbocycles. The number of fused-ring (bicyclic) bond motifs is 1. The molecular weight excluding hydrogens is 364 g/mol. The van der Waals surface area contributed by atoms with Crippen LogP contribution in [0.25, 0.3) is 10.3 Å². The Morgan fingerprint density at radius 1 is 1.37 bits per heavy atom. The molecule has 146 valence electrons. The van der Waals surface area contributed by atoms with Gasteiger partial charge in [-0.05, 0) is 13.0 Å². The van der Waals surface area contributed by atoms with Crippen LogP contribution in [0.15, 0.2) is 12.4 Å². The van der Waals surface area contributed by atoms with Gasteiger partial charge in [0.2, 0.25) is 0 Å². The molecule has 0 aliphatic carbocycles. The first-order valence-electron chi connectivity index (χ1n) is 9.44. The number of aromatic nitrogens is 2. The van der Waals surface area contributed by atoms with Crippen molar-refractivity contribution in [3.63, 3.8) is 0 Å². The van der Waals surface area contributed by atoms with Crippen molar-refractivity contribution in [3.8, 4) is 0 Å². The van der Waals surface area contributed by atoms with Gasteiger partial charge in [0, 0.05) is 77.1 Å². The Balaban J connectivity index is 1.59. The predicted octanol–water partition coefficient (Wildman–Crippen LogP) is 1.72. The number of hydrogen-bond acceptors (Lipinski definition) is 7. The van der Waals surface area contributed by atoms with E-state index in [4.69, 9.17) is 4.74 Å². The smallest absolute Gasteiger partial charge is 0.263 e. The summed E-state index contributed by atoms with van der Waals surface area (Å²) in [6, 6.07) is 0. The van der Waals surface area contributed by atoms with Gasteiger partial charge in [-0.2, -0.15) is 0 Å². The molecule has 2 aliphatic rings. The largest absolute Gasteiger partial charge is 0.388 e. The maximum atomic E-state index is 12.8. The third kappa shape index (κ3) is 3.71. The highest BCUT2D eigenvalue weighted by Gasteiger charge is 2.37. The van der Waals surface area contributed by atoms with Crippen molar-refractivity contribution in [2.45, 2.75) is 30.8 Å². The maximum Gasteiger partial charge on any atom is 0.263 e. The van der Waals surface area contributed by atoms with Gasteiger partial charge in [0.1, 0.15) is 10.3 Å². The molecule has 2 fully saturated rings. The Hall–Kier alpha value is -1.61. The van der Waals surface area contributed by atoms with Crippen LogP contribution < -0.4 is 0 Å². The fourth-order valence-corrected chi connectivity index (χ4v) is 5.33. The van der Waals surface area contributed by atoms with Crippen molar-refractivity contribution in [3.05, 3.63) is 22.8 Å². The summed E-state index contributed by atoms with van der Waals surface area (Å²) in [4.78, 5) is 27.2. The van der Waals surface area contributed by atoms with E-state index in [1.54, 1.807) is 31.4 Å². The van der Waals surface area contributed by atoms with Gasteiger partial charge < -0.3 is 14.7 Å². The SMILES string of the molecule is CN(C)C(=O)c1sc2nccnc2c1C1CCN(CC2(O)CCOCC2)C1. The van der Waals surface area contributed by atoms with E-state index in [1.807, 2.05) is 0 Å². The molecule has 1 unspecified atom stereocenters. The van der Waals surface area contributed by atoms with Gasteiger partial charge in [0.25, 0.3) is 5.91 Å². The van der Waals surface area contributed by atoms with Crippen molar-refractivity contribution < 1.29 is 14.6 Å².